The fourth-order valence-electron chi connectivity index (χ4n) is 4.48. The van der Waals surface area contributed by atoms with Crippen molar-refractivity contribution in [3.05, 3.63) is 64.0 Å². The summed E-state index contributed by atoms with van der Waals surface area (Å²) in [7, 11) is 0. The van der Waals surface area contributed by atoms with Crippen LogP contribution in [0.5, 0.6) is 5.75 Å². The number of nitrogens with one attached hydrogen (secondary N) is 1. The second kappa shape index (κ2) is 9.72. The van der Waals surface area contributed by atoms with Gasteiger partial charge in [-0.15, -0.1) is 0 Å². The number of alkyl halides is 3. The van der Waals surface area contributed by atoms with Gasteiger partial charge in [0, 0.05) is 60.5 Å². The summed E-state index contributed by atoms with van der Waals surface area (Å²) in [5, 5.41) is 18.6. The maximum absolute atomic E-state index is 12.6. The molecule has 0 aliphatic carbocycles. The Morgan fingerprint density at radius 2 is 1.92 bits per heavy atom. The van der Waals surface area contributed by atoms with E-state index >= 15 is 0 Å². The first-order valence-corrected chi connectivity index (χ1v) is 12.0. The smallest absolute Gasteiger partial charge is 0.389 e. The molecule has 190 valence electrons. The number of hydrogen-bond acceptors (Lipinski definition) is 6. The zero-order chi connectivity index (χ0) is 26.3. The Balaban J connectivity index is 1.39. The number of H-pyrrole nitrogens is 1. The Labute approximate surface area is 219 Å². The summed E-state index contributed by atoms with van der Waals surface area (Å²) >= 11 is 12.5. The number of nitriles is 1. The van der Waals surface area contributed by atoms with Gasteiger partial charge in [0.25, 0.3) is 0 Å². The number of aromatic amines is 1. The van der Waals surface area contributed by atoms with Gasteiger partial charge in [-0.25, -0.2) is 4.98 Å². The third kappa shape index (κ3) is 5.15. The van der Waals surface area contributed by atoms with Crippen molar-refractivity contribution in [3.63, 3.8) is 0 Å². The molecule has 3 aromatic heterocycles. The van der Waals surface area contributed by atoms with Gasteiger partial charge in [0.05, 0.1) is 21.1 Å². The topological polar surface area (TPSA) is 90.7 Å². The summed E-state index contributed by atoms with van der Waals surface area (Å²) < 4.78 is 44.0. The molecule has 0 saturated carbocycles. The number of pyridine rings is 2. The van der Waals surface area contributed by atoms with Crippen LogP contribution in [-0.4, -0.2) is 39.4 Å². The van der Waals surface area contributed by atoms with Gasteiger partial charge >= 0.3 is 6.18 Å². The van der Waals surface area contributed by atoms with Crippen molar-refractivity contribution in [2.45, 2.75) is 25.6 Å². The van der Waals surface area contributed by atoms with Crippen molar-refractivity contribution in [2.75, 3.05) is 18.0 Å². The number of fused-ring (bicyclic) bond motifs is 1. The number of aromatic nitrogens is 4. The van der Waals surface area contributed by atoms with E-state index in [2.05, 4.69) is 26.2 Å². The predicted molar refractivity (Wildman–Crippen MR) is 134 cm³/mol. The Hall–Kier alpha value is -3.55. The normalized spacial score (nSPS) is 14.9. The first kappa shape index (κ1) is 25.1. The summed E-state index contributed by atoms with van der Waals surface area (Å²) in [6.07, 6.45) is -0.939. The fraction of sp³-hybridized carbons (Fsp3) is 0.280. The maximum atomic E-state index is 12.6. The van der Waals surface area contributed by atoms with E-state index in [1.165, 1.54) is 12.4 Å². The monoisotopic (exact) mass is 546 g/mol. The number of benzene rings is 1. The van der Waals surface area contributed by atoms with Crippen LogP contribution in [-0.2, 0) is 0 Å². The van der Waals surface area contributed by atoms with E-state index in [0.717, 1.165) is 10.9 Å². The Morgan fingerprint density at radius 1 is 1.19 bits per heavy atom. The molecule has 0 bridgehead atoms. The molecule has 37 heavy (non-hydrogen) atoms. The van der Waals surface area contributed by atoms with Gasteiger partial charge in [0.2, 0.25) is 0 Å². The van der Waals surface area contributed by atoms with Crippen LogP contribution >= 0.6 is 23.2 Å². The molecule has 1 aromatic carbocycles. The lowest BCUT2D eigenvalue weighted by molar-refractivity contribution is -0.146. The lowest BCUT2D eigenvalue weighted by Crippen LogP contribution is -2.49. The standard InChI is InChI=1S/C25H19Cl2F3N6O/c1-13(22-19(26)9-32-10-20(22)27)37-17-2-3-21-18(5-17)23(35-34-21)16-4-15(7-31)24(33-8-16)36-11-14(12-36)6-25(28,29)30/h2-5,8-10,13-14H,6,11-12H2,1H3,(H,34,35)/t13-/m1/s1. The minimum absolute atomic E-state index is 0.205. The van der Waals surface area contributed by atoms with Crippen LogP contribution < -0.4 is 9.64 Å². The molecule has 4 heterocycles. The van der Waals surface area contributed by atoms with Gasteiger partial charge < -0.3 is 9.64 Å². The molecule has 0 spiro atoms. The van der Waals surface area contributed by atoms with E-state index in [1.54, 1.807) is 23.2 Å². The summed E-state index contributed by atoms with van der Waals surface area (Å²) in [6.45, 7) is 2.23. The van der Waals surface area contributed by atoms with Gasteiger partial charge in [-0.1, -0.05) is 23.2 Å². The zero-order valence-corrected chi connectivity index (χ0v) is 20.9. The molecule has 5 rings (SSSR count). The lowest BCUT2D eigenvalue weighted by Gasteiger charge is -2.40. The molecular formula is C25H19Cl2F3N6O. The fourth-order valence-corrected chi connectivity index (χ4v) is 5.15. The Bertz CT molecular complexity index is 1490. The molecule has 1 aliphatic heterocycles. The van der Waals surface area contributed by atoms with Gasteiger partial charge in [0.1, 0.15) is 29.4 Å². The van der Waals surface area contributed by atoms with Gasteiger partial charge in [-0.2, -0.15) is 23.5 Å². The number of anilines is 1. The molecule has 0 radical (unpaired) electrons. The highest BCUT2D eigenvalue weighted by Crippen LogP contribution is 2.37. The molecule has 0 amide bonds. The lowest BCUT2D eigenvalue weighted by atomic mass is 9.95. The molecule has 4 aromatic rings. The molecular weight excluding hydrogens is 528 g/mol. The third-order valence-corrected chi connectivity index (χ3v) is 6.78. The Kier molecular flexibility index (Phi) is 6.60. The maximum Gasteiger partial charge on any atom is 0.389 e. The van der Waals surface area contributed by atoms with E-state index in [-0.39, 0.29) is 18.7 Å². The number of nitrogens with zero attached hydrogens (tertiary/aromatic N) is 5. The van der Waals surface area contributed by atoms with E-state index < -0.39 is 24.6 Å². The third-order valence-electron chi connectivity index (χ3n) is 6.18. The van der Waals surface area contributed by atoms with Crippen LogP contribution in [0, 0.1) is 17.2 Å². The molecule has 1 fully saturated rings. The number of rotatable bonds is 6. The second-order valence-corrected chi connectivity index (χ2v) is 9.67. The van der Waals surface area contributed by atoms with Crippen molar-refractivity contribution >= 4 is 39.9 Å². The van der Waals surface area contributed by atoms with E-state index in [1.807, 2.05) is 19.1 Å². The molecule has 1 N–H and O–H groups in total. The predicted octanol–water partition coefficient (Wildman–Crippen LogP) is 6.73. The summed E-state index contributed by atoms with van der Waals surface area (Å²) in [4.78, 5) is 10.0. The second-order valence-electron chi connectivity index (χ2n) is 8.85. The minimum atomic E-state index is -4.20. The van der Waals surface area contributed by atoms with Gasteiger partial charge in [-0.3, -0.25) is 10.1 Å². The molecule has 1 saturated heterocycles. The first-order valence-electron chi connectivity index (χ1n) is 11.3. The van der Waals surface area contributed by atoms with Crippen LogP contribution in [0.2, 0.25) is 10.0 Å². The van der Waals surface area contributed by atoms with Crippen LogP contribution in [0.15, 0.2) is 42.9 Å². The van der Waals surface area contributed by atoms with E-state index in [4.69, 9.17) is 27.9 Å². The zero-order valence-electron chi connectivity index (χ0n) is 19.4. The highest BCUT2D eigenvalue weighted by molar-refractivity contribution is 6.35. The minimum Gasteiger partial charge on any atom is -0.486 e. The summed E-state index contributed by atoms with van der Waals surface area (Å²) in [5.41, 5.74) is 2.77. The van der Waals surface area contributed by atoms with Crippen molar-refractivity contribution in [1.29, 1.82) is 5.26 Å². The van der Waals surface area contributed by atoms with Gasteiger partial charge in [0.15, 0.2) is 0 Å². The highest BCUT2D eigenvalue weighted by Gasteiger charge is 2.39. The largest absolute Gasteiger partial charge is 0.486 e. The summed E-state index contributed by atoms with van der Waals surface area (Å²) in [6, 6.07) is 9.16. The number of ether oxygens (including phenoxy) is 1. The van der Waals surface area contributed by atoms with Gasteiger partial charge in [-0.05, 0) is 31.2 Å². The van der Waals surface area contributed by atoms with Crippen LogP contribution in [0.1, 0.15) is 30.6 Å². The molecule has 1 aliphatic rings. The molecule has 12 heteroatoms. The quantitative estimate of drug-likeness (QED) is 0.288. The van der Waals surface area contributed by atoms with Crippen molar-refractivity contribution in [3.8, 4) is 23.1 Å². The van der Waals surface area contributed by atoms with Crippen molar-refractivity contribution in [1.82, 2.24) is 20.2 Å². The van der Waals surface area contributed by atoms with Crippen LogP contribution in [0.25, 0.3) is 22.2 Å². The highest BCUT2D eigenvalue weighted by atomic mass is 35.5. The van der Waals surface area contributed by atoms with E-state index in [0.29, 0.717) is 38.4 Å². The van der Waals surface area contributed by atoms with E-state index in [9.17, 15) is 18.4 Å². The average Bonchev–Trinajstić information content (AvgIpc) is 3.23. The van der Waals surface area contributed by atoms with Crippen molar-refractivity contribution in [2.24, 2.45) is 5.92 Å². The molecule has 0 unspecified atom stereocenters. The average molecular weight is 547 g/mol. The molecule has 7 nitrogen and oxygen atoms in total. The number of hydrogen-bond donors (Lipinski definition) is 1. The van der Waals surface area contributed by atoms with Crippen LogP contribution in [0.3, 0.4) is 0 Å². The number of halogens is 5. The SMILES string of the molecule is C[C@@H](Oc1ccc2[nH]nc(-c3cnc(N4CC(CC(F)(F)F)C4)c(C#N)c3)c2c1)c1c(Cl)cncc1Cl. The molecule has 1 atom stereocenters. The van der Waals surface area contributed by atoms with Crippen LogP contribution in [0.4, 0.5) is 19.0 Å². The summed E-state index contributed by atoms with van der Waals surface area (Å²) in [5.74, 6) is 0.419. The first-order chi connectivity index (χ1) is 17.6. The Morgan fingerprint density at radius 3 is 2.59 bits per heavy atom. The van der Waals surface area contributed by atoms with Crippen molar-refractivity contribution < 1.29 is 17.9 Å².